The summed E-state index contributed by atoms with van der Waals surface area (Å²) in [5.74, 6) is -0.315. The van der Waals surface area contributed by atoms with Crippen molar-refractivity contribution >= 4 is 0 Å². The van der Waals surface area contributed by atoms with Crippen molar-refractivity contribution in [2.45, 2.75) is 18.8 Å². The molecule has 3 N–H and O–H groups in total. The van der Waals surface area contributed by atoms with Crippen molar-refractivity contribution in [3.05, 3.63) is 35.6 Å². The molecule has 17 heavy (non-hydrogen) atoms. The molecule has 0 spiro atoms. The fourth-order valence-electron chi connectivity index (χ4n) is 1.83. The van der Waals surface area contributed by atoms with Gasteiger partial charge in [-0.2, -0.15) is 0 Å². The first-order chi connectivity index (χ1) is 8.18. The van der Waals surface area contributed by atoms with Crippen molar-refractivity contribution in [3.8, 4) is 0 Å². The highest BCUT2D eigenvalue weighted by Crippen LogP contribution is 2.27. The summed E-state index contributed by atoms with van der Waals surface area (Å²) in [6.07, 6.45) is 0.581. The van der Waals surface area contributed by atoms with Crippen molar-refractivity contribution < 1.29 is 14.2 Å². The summed E-state index contributed by atoms with van der Waals surface area (Å²) >= 11 is 0. The standard InChI is InChI=1S/C13H20FNO2/c1-2-17-7-6-13(9-15,10-16)11-4-3-5-12(14)8-11/h3-5,8,16H,2,6-7,9-10,15H2,1H3. The van der Waals surface area contributed by atoms with Gasteiger partial charge in [-0.15, -0.1) is 0 Å². The van der Waals surface area contributed by atoms with E-state index in [0.717, 1.165) is 5.56 Å². The Labute approximate surface area is 101 Å². The number of aliphatic hydroxyl groups excluding tert-OH is 1. The lowest BCUT2D eigenvalue weighted by atomic mass is 9.78. The number of rotatable bonds is 7. The quantitative estimate of drug-likeness (QED) is 0.710. The van der Waals surface area contributed by atoms with E-state index in [2.05, 4.69) is 0 Å². The molecule has 3 nitrogen and oxygen atoms in total. The molecule has 0 aliphatic rings. The number of halogens is 1. The minimum Gasteiger partial charge on any atom is -0.395 e. The van der Waals surface area contributed by atoms with Crippen LogP contribution in [-0.2, 0) is 10.2 Å². The number of hydrogen-bond donors (Lipinski definition) is 2. The minimum atomic E-state index is -0.614. The highest BCUT2D eigenvalue weighted by molar-refractivity contribution is 5.27. The largest absolute Gasteiger partial charge is 0.395 e. The van der Waals surface area contributed by atoms with Crippen LogP contribution in [0.2, 0.25) is 0 Å². The SMILES string of the molecule is CCOCCC(CN)(CO)c1cccc(F)c1. The topological polar surface area (TPSA) is 55.5 Å². The van der Waals surface area contributed by atoms with Crippen LogP contribution in [0, 0.1) is 5.82 Å². The Morgan fingerprint density at radius 3 is 2.76 bits per heavy atom. The van der Waals surface area contributed by atoms with E-state index in [-0.39, 0.29) is 19.0 Å². The van der Waals surface area contributed by atoms with Gasteiger partial charge in [0.1, 0.15) is 5.82 Å². The van der Waals surface area contributed by atoms with Gasteiger partial charge < -0.3 is 15.6 Å². The zero-order valence-corrected chi connectivity index (χ0v) is 10.2. The van der Waals surface area contributed by atoms with Crippen LogP contribution in [0.3, 0.4) is 0 Å². The fourth-order valence-corrected chi connectivity index (χ4v) is 1.83. The summed E-state index contributed by atoms with van der Waals surface area (Å²) in [5, 5.41) is 9.56. The minimum absolute atomic E-state index is 0.111. The molecule has 0 radical (unpaired) electrons. The highest BCUT2D eigenvalue weighted by atomic mass is 19.1. The predicted octanol–water partition coefficient (Wildman–Crippen LogP) is 1.44. The molecule has 0 aliphatic carbocycles. The van der Waals surface area contributed by atoms with Gasteiger partial charge in [-0.05, 0) is 31.0 Å². The first kappa shape index (κ1) is 14.1. The van der Waals surface area contributed by atoms with E-state index in [0.29, 0.717) is 19.6 Å². The number of nitrogens with two attached hydrogens (primary N) is 1. The van der Waals surface area contributed by atoms with E-state index in [9.17, 15) is 9.50 Å². The van der Waals surface area contributed by atoms with E-state index in [1.807, 2.05) is 6.92 Å². The zero-order valence-electron chi connectivity index (χ0n) is 10.2. The summed E-state index contributed by atoms with van der Waals surface area (Å²) < 4.78 is 18.5. The molecule has 1 aromatic carbocycles. The molecular formula is C13H20FNO2. The predicted molar refractivity (Wildman–Crippen MR) is 65.3 cm³/mol. The molecule has 0 aliphatic heterocycles. The first-order valence-electron chi connectivity index (χ1n) is 5.83. The summed E-state index contributed by atoms with van der Waals surface area (Å²) in [6.45, 7) is 3.19. The van der Waals surface area contributed by atoms with Gasteiger partial charge in [0.05, 0.1) is 6.61 Å². The lowest BCUT2D eigenvalue weighted by molar-refractivity contribution is 0.103. The monoisotopic (exact) mass is 241 g/mol. The lowest BCUT2D eigenvalue weighted by Gasteiger charge is -2.31. The maximum absolute atomic E-state index is 13.2. The van der Waals surface area contributed by atoms with Gasteiger partial charge in [0.15, 0.2) is 0 Å². The van der Waals surface area contributed by atoms with E-state index in [1.165, 1.54) is 12.1 Å². The summed E-state index contributed by atoms with van der Waals surface area (Å²) in [5.41, 5.74) is 5.86. The van der Waals surface area contributed by atoms with Crippen molar-refractivity contribution in [1.82, 2.24) is 0 Å². The second-order valence-corrected chi connectivity index (χ2v) is 4.10. The van der Waals surface area contributed by atoms with Gasteiger partial charge in [-0.3, -0.25) is 0 Å². The maximum Gasteiger partial charge on any atom is 0.123 e. The third kappa shape index (κ3) is 3.49. The molecule has 0 fully saturated rings. The van der Waals surface area contributed by atoms with Gasteiger partial charge in [0.2, 0.25) is 0 Å². The Hall–Kier alpha value is -0.970. The number of hydrogen-bond acceptors (Lipinski definition) is 3. The van der Waals surface area contributed by atoms with Crippen molar-refractivity contribution in [2.75, 3.05) is 26.4 Å². The molecule has 0 amide bonds. The molecule has 0 saturated carbocycles. The Morgan fingerprint density at radius 1 is 1.47 bits per heavy atom. The highest BCUT2D eigenvalue weighted by Gasteiger charge is 2.30. The Kier molecular flexibility index (Phi) is 5.55. The molecule has 1 unspecified atom stereocenters. The van der Waals surface area contributed by atoms with Crippen LogP contribution in [-0.4, -0.2) is 31.5 Å². The van der Waals surface area contributed by atoms with E-state index >= 15 is 0 Å². The third-order valence-electron chi connectivity index (χ3n) is 3.06. The molecule has 0 heterocycles. The average molecular weight is 241 g/mol. The summed E-state index contributed by atoms with van der Waals surface area (Å²) in [6, 6.07) is 6.23. The number of ether oxygens (including phenoxy) is 1. The van der Waals surface area contributed by atoms with Crippen LogP contribution < -0.4 is 5.73 Å². The molecule has 1 rings (SSSR count). The third-order valence-corrected chi connectivity index (χ3v) is 3.06. The van der Waals surface area contributed by atoms with Gasteiger partial charge >= 0.3 is 0 Å². The average Bonchev–Trinajstić information content (AvgIpc) is 2.35. The van der Waals surface area contributed by atoms with Crippen LogP contribution in [0.15, 0.2) is 24.3 Å². The maximum atomic E-state index is 13.2. The van der Waals surface area contributed by atoms with E-state index < -0.39 is 5.41 Å². The van der Waals surface area contributed by atoms with Gasteiger partial charge in [0, 0.05) is 25.2 Å². The lowest BCUT2D eigenvalue weighted by Crippen LogP contribution is -2.40. The van der Waals surface area contributed by atoms with Crippen LogP contribution >= 0.6 is 0 Å². The summed E-state index contributed by atoms with van der Waals surface area (Å²) in [4.78, 5) is 0. The van der Waals surface area contributed by atoms with Crippen molar-refractivity contribution in [3.63, 3.8) is 0 Å². The second kappa shape index (κ2) is 6.69. The van der Waals surface area contributed by atoms with Crippen molar-refractivity contribution in [2.24, 2.45) is 5.73 Å². The van der Waals surface area contributed by atoms with Crippen molar-refractivity contribution in [1.29, 1.82) is 0 Å². The van der Waals surface area contributed by atoms with Gasteiger partial charge in [-0.1, -0.05) is 12.1 Å². The van der Waals surface area contributed by atoms with E-state index in [1.54, 1.807) is 12.1 Å². The molecule has 96 valence electrons. The van der Waals surface area contributed by atoms with E-state index in [4.69, 9.17) is 10.5 Å². The smallest absolute Gasteiger partial charge is 0.123 e. The normalized spacial score (nSPS) is 14.6. The molecule has 0 saturated heterocycles. The Balaban J connectivity index is 2.89. The van der Waals surface area contributed by atoms with Gasteiger partial charge in [0.25, 0.3) is 0 Å². The first-order valence-corrected chi connectivity index (χ1v) is 5.83. The number of benzene rings is 1. The molecular weight excluding hydrogens is 221 g/mol. The number of aliphatic hydroxyl groups is 1. The van der Waals surface area contributed by atoms with Crippen LogP contribution in [0.1, 0.15) is 18.9 Å². The molecule has 0 bridgehead atoms. The molecule has 0 aromatic heterocycles. The van der Waals surface area contributed by atoms with Crippen LogP contribution in [0.4, 0.5) is 4.39 Å². The second-order valence-electron chi connectivity index (χ2n) is 4.10. The zero-order chi connectivity index (χ0) is 12.7. The fraction of sp³-hybridized carbons (Fsp3) is 0.538. The van der Waals surface area contributed by atoms with Crippen LogP contribution in [0.5, 0.6) is 0 Å². The summed E-state index contributed by atoms with van der Waals surface area (Å²) in [7, 11) is 0. The Morgan fingerprint density at radius 2 is 2.24 bits per heavy atom. The molecule has 1 atom stereocenters. The molecule has 4 heteroatoms. The van der Waals surface area contributed by atoms with Gasteiger partial charge in [-0.25, -0.2) is 4.39 Å². The molecule has 1 aromatic rings. The Bertz CT molecular complexity index is 340. The van der Waals surface area contributed by atoms with Crippen LogP contribution in [0.25, 0.3) is 0 Å².